The number of guanidine groups is 1. The minimum Gasteiger partial charge on any atom is -0.507 e. The van der Waals surface area contributed by atoms with E-state index in [-0.39, 0.29) is 50.6 Å². The Kier molecular flexibility index (Phi) is 14.3. The molecule has 2 aromatic rings. The average molecular weight is 794 g/mol. The summed E-state index contributed by atoms with van der Waals surface area (Å²) in [5.41, 5.74) is 5.96. The molecule has 2 aromatic carbocycles. The molecule has 0 unspecified atom stereocenters. The molecule has 3 heterocycles. The summed E-state index contributed by atoms with van der Waals surface area (Å²) in [7, 11) is 1.44. The maximum atomic E-state index is 14.4. The lowest BCUT2D eigenvalue weighted by atomic mass is 9.78. The second-order valence-corrected chi connectivity index (χ2v) is 14.9. The predicted molar refractivity (Wildman–Crippen MR) is 213 cm³/mol. The number of aliphatic imine (C=N–C) groups is 1. The number of hydrogen-bond donors (Lipinski definition) is 6. The van der Waals surface area contributed by atoms with Crippen molar-refractivity contribution in [2.24, 2.45) is 44.6 Å². The number of nitrogens with zero attached hydrogens (tertiary/aromatic N) is 3. The fourth-order valence-corrected chi connectivity index (χ4v) is 7.09. The zero-order valence-corrected chi connectivity index (χ0v) is 34.1. The highest BCUT2D eigenvalue weighted by atomic mass is 16.7. The fourth-order valence-electron chi connectivity index (χ4n) is 7.09. The smallest absolute Gasteiger partial charge is 0.312 e. The van der Waals surface area contributed by atoms with Crippen molar-refractivity contribution >= 4 is 45.8 Å². The Morgan fingerprint density at radius 1 is 1.02 bits per heavy atom. The van der Waals surface area contributed by atoms with Gasteiger partial charge in [-0.05, 0) is 32.4 Å². The van der Waals surface area contributed by atoms with Crippen molar-refractivity contribution in [2.45, 2.75) is 98.9 Å². The second kappa shape index (κ2) is 18.3. The van der Waals surface area contributed by atoms with Crippen LogP contribution < -0.4 is 15.8 Å². The van der Waals surface area contributed by atoms with Gasteiger partial charge in [0, 0.05) is 67.7 Å². The van der Waals surface area contributed by atoms with Crippen molar-refractivity contribution in [3.05, 3.63) is 53.3 Å². The topological polar surface area (TPSA) is 244 Å². The Morgan fingerprint density at radius 3 is 2.33 bits per heavy atom. The van der Waals surface area contributed by atoms with E-state index in [2.05, 4.69) is 20.5 Å². The predicted octanol–water partition coefficient (Wildman–Crippen LogP) is 5.86. The normalized spacial score (nSPS) is 31.1. The van der Waals surface area contributed by atoms with Gasteiger partial charge in [0.15, 0.2) is 5.75 Å². The van der Waals surface area contributed by atoms with Crippen LogP contribution in [0.15, 0.2) is 57.4 Å². The summed E-state index contributed by atoms with van der Waals surface area (Å²) in [4.78, 5) is 44.3. The number of benzene rings is 2. The number of carbonyl (C=O) groups excluding carboxylic acids is 3. The van der Waals surface area contributed by atoms with E-state index in [4.69, 9.17) is 24.7 Å². The van der Waals surface area contributed by atoms with Gasteiger partial charge in [0.25, 0.3) is 11.7 Å². The van der Waals surface area contributed by atoms with Crippen LogP contribution in [0.2, 0.25) is 0 Å². The van der Waals surface area contributed by atoms with E-state index < -0.39 is 83.0 Å². The first-order valence-corrected chi connectivity index (χ1v) is 18.9. The van der Waals surface area contributed by atoms with Gasteiger partial charge in [0.05, 0.1) is 46.9 Å². The van der Waals surface area contributed by atoms with Crippen molar-refractivity contribution in [3.63, 3.8) is 0 Å². The summed E-state index contributed by atoms with van der Waals surface area (Å²) < 4.78 is 23.6. The van der Waals surface area contributed by atoms with Crippen LogP contribution >= 0.6 is 0 Å². The lowest BCUT2D eigenvalue weighted by Gasteiger charge is -2.38. The first kappa shape index (κ1) is 44.4. The summed E-state index contributed by atoms with van der Waals surface area (Å²) in [6.07, 6.45) is 4.33. The first-order chi connectivity index (χ1) is 26.8. The standard InChI is InChI=1S/C41H55N5O11/c1-11-16-43-40(42)46-45-26-18-27-35(51)30-29(26)31-37(24(7)34(30)50)57-41(9,38(31)52)55-17-15-28(54-10)21(4)36(56-25(8)47)23(6)33(49)22(5)32(48)19(2)13-12-14-20(3)39(53)44-27/h12-15,17-19,21-23,28,32-33,36,48-51H,11,16H2,1-10H3,(H2,42,43)(H,44,53)/b13-12+,17-15+,20-14-,46-45?/t19-,21-,22+,23-,28-,32-,33+,36+,41-/m0/s1. The minimum atomic E-state index is -2.01. The zero-order chi connectivity index (χ0) is 42.5. The van der Waals surface area contributed by atoms with Gasteiger partial charge in [-0.2, -0.15) is 0 Å². The lowest BCUT2D eigenvalue weighted by molar-refractivity contribution is -0.160. The molecule has 9 atom stereocenters. The summed E-state index contributed by atoms with van der Waals surface area (Å²) in [6.45, 7) is 14.9. The number of methoxy groups -OCH3 is 1. The van der Waals surface area contributed by atoms with Crippen LogP contribution in [0.1, 0.15) is 77.7 Å². The Hall–Kier alpha value is -5.32. The van der Waals surface area contributed by atoms with Gasteiger partial charge < -0.3 is 50.4 Å². The number of esters is 1. The van der Waals surface area contributed by atoms with Gasteiger partial charge in [-0.15, -0.1) is 10.2 Å². The van der Waals surface area contributed by atoms with Crippen LogP contribution in [0, 0.1) is 30.6 Å². The molecular weight excluding hydrogens is 738 g/mol. The van der Waals surface area contributed by atoms with E-state index >= 15 is 0 Å². The second-order valence-electron chi connectivity index (χ2n) is 14.9. The van der Waals surface area contributed by atoms with Crippen LogP contribution in [0.25, 0.3) is 10.8 Å². The van der Waals surface area contributed by atoms with Gasteiger partial charge in [-0.3, -0.25) is 19.4 Å². The van der Waals surface area contributed by atoms with Gasteiger partial charge in [0.1, 0.15) is 17.6 Å². The number of ether oxygens (including phenoxy) is 4. The number of nitrogens with two attached hydrogens (primary N) is 1. The molecule has 0 spiro atoms. The number of carbonyl (C=O) groups is 3. The van der Waals surface area contributed by atoms with E-state index in [1.807, 2.05) is 6.92 Å². The van der Waals surface area contributed by atoms with Crippen LogP contribution in [-0.4, -0.2) is 87.9 Å². The van der Waals surface area contributed by atoms with E-state index in [0.717, 1.165) is 0 Å². The van der Waals surface area contributed by atoms with Crippen molar-refractivity contribution in [1.82, 2.24) is 0 Å². The van der Waals surface area contributed by atoms with E-state index in [9.17, 15) is 34.8 Å². The number of rotatable bonds is 5. The number of azo groups is 1. The summed E-state index contributed by atoms with van der Waals surface area (Å²) >= 11 is 0. The monoisotopic (exact) mass is 793 g/mol. The molecule has 5 bridgehead atoms. The Balaban J connectivity index is 1.96. The highest BCUT2D eigenvalue weighted by molar-refractivity contribution is 6.22. The van der Waals surface area contributed by atoms with Crippen LogP contribution in [0.4, 0.5) is 11.4 Å². The number of aromatic hydroxyl groups is 2. The molecule has 1 amide bonds. The van der Waals surface area contributed by atoms with E-state index in [1.54, 1.807) is 39.8 Å². The molecule has 0 saturated carbocycles. The third kappa shape index (κ3) is 9.29. The summed E-state index contributed by atoms with van der Waals surface area (Å²) in [5, 5.41) is 56.6. The van der Waals surface area contributed by atoms with Gasteiger partial charge in [-0.1, -0.05) is 52.8 Å². The minimum absolute atomic E-state index is 0.0443. The number of phenolic OH excluding ortho intramolecular Hbond substituents is 2. The molecule has 7 N–H and O–H groups in total. The third-order valence-corrected chi connectivity index (χ3v) is 10.6. The van der Waals surface area contributed by atoms with E-state index in [0.29, 0.717) is 13.0 Å². The highest BCUT2D eigenvalue weighted by Crippen LogP contribution is 2.54. The number of ketones is 1. The Labute approximate surface area is 332 Å². The first-order valence-electron chi connectivity index (χ1n) is 18.9. The Morgan fingerprint density at radius 2 is 1.70 bits per heavy atom. The number of nitrogens with one attached hydrogen (secondary N) is 1. The summed E-state index contributed by atoms with van der Waals surface area (Å²) in [5.74, 6) is -7.60. The van der Waals surface area contributed by atoms with Gasteiger partial charge in [-0.25, -0.2) is 0 Å². The van der Waals surface area contributed by atoms with Gasteiger partial charge in [0.2, 0.25) is 5.96 Å². The number of fused-ring (bicyclic) bond motifs is 14. The molecule has 0 fully saturated rings. The third-order valence-electron chi connectivity index (χ3n) is 10.6. The van der Waals surface area contributed by atoms with Gasteiger partial charge >= 0.3 is 11.8 Å². The van der Waals surface area contributed by atoms with Crippen molar-refractivity contribution in [1.29, 1.82) is 0 Å². The number of phenols is 2. The number of aliphatic hydroxyl groups is 2. The lowest BCUT2D eigenvalue weighted by Crippen LogP contribution is -2.46. The molecule has 16 heteroatoms. The van der Waals surface area contributed by atoms with Crippen LogP contribution in [0.5, 0.6) is 17.2 Å². The molecule has 3 aliphatic heterocycles. The van der Waals surface area contributed by atoms with E-state index in [1.165, 1.54) is 59.3 Å². The number of anilines is 1. The summed E-state index contributed by atoms with van der Waals surface area (Å²) in [6, 6.07) is 1.28. The maximum Gasteiger partial charge on any atom is 0.312 e. The van der Waals surface area contributed by atoms with Crippen LogP contribution in [-0.2, 0) is 23.8 Å². The molecule has 0 radical (unpaired) electrons. The number of aliphatic hydroxyl groups excluding tert-OH is 2. The highest BCUT2D eigenvalue weighted by Gasteiger charge is 2.49. The largest absolute Gasteiger partial charge is 0.507 e. The number of Topliss-reactive ketones (excluding diaryl/α,β-unsaturated/α-hetero) is 1. The fraction of sp³-hybridized carbons (Fsp3) is 0.512. The number of allylic oxidation sites excluding steroid dienone is 2. The molecule has 0 aromatic heterocycles. The molecule has 5 rings (SSSR count). The SMILES string of the molecule is CCCN=C(N)N=Nc1cc2c(O)c3c(O)c(C)c4c(c13)C(=O)[C@@](C)(O/C=C/[C@H](OC)[C@H](C)[C@@H](OC(C)=O)[C@@H](C)[C@H](O)[C@H](C)[C@@H](O)[C@@H](C)/C=C/C=C(/C)C(=O)N2)O4. The van der Waals surface area contributed by atoms with Crippen molar-refractivity contribution in [2.75, 3.05) is 19.0 Å². The molecule has 16 nitrogen and oxygen atoms in total. The van der Waals surface area contributed by atoms with Crippen LogP contribution in [0.3, 0.4) is 0 Å². The molecular formula is C41H55N5O11. The van der Waals surface area contributed by atoms with Crippen molar-refractivity contribution < 1.29 is 53.8 Å². The molecule has 57 heavy (non-hydrogen) atoms. The average Bonchev–Trinajstić information content (AvgIpc) is 3.44. The molecule has 0 aliphatic carbocycles. The number of hydrogen-bond acceptors (Lipinski definition) is 13. The quantitative estimate of drug-likeness (QED) is 0.0686. The zero-order valence-electron chi connectivity index (χ0n) is 34.1. The maximum absolute atomic E-state index is 14.4. The molecule has 3 aliphatic rings. The van der Waals surface area contributed by atoms with Crippen molar-refractivity contribution in [3.8, 4) is 17.2 Å². The number of amides is 1. The Bertz CT molecular complexity index is 2030. The molecule has 310 valence electrons. The molecule has 0 saturated heterocycles.